The number of primary amides is 1. The molecule has 0 aliphatic carbocycles. The Labute approximate surface area is 120 Å². The Hall–Kier alpha value is -2.02. The maximum Gasteiger partial charge on any atom is 0.257 e. The first-order valence-corrected chi connectivity index (χ1v) is 7.17. The van der Waals surface area contributed by atoms with E-state index >= 15 is 0 Å². The second kappa shape index (κ2) is 6.95. The molecule has 0 aliphatic rings. The Morgan fingerprint density at radius 1 is 1.40 bits per heavy atom. The first-order valence-electron chi connectivity index (χ1n) is 6.02. The highest BCUT2D eigenvalue weighted by Crippen LogP contribution is 2.21. The number of methoxy groups -OCH3 is 1. The van der Waals surface area contributed by atoms with Gasteiger partial charge in [-0.1, -0.05) is 5.16 Å². The van der Waals surface area contributed by atoms with E-state index in [0.29, 0.717) is 29.6 Å². The summed E-state index contributed by atoms with van der Waals surface area (Å²) < 4.78 is 10.3. The predicted molar refractivity (Wildman–Crippen MR) is 76.3 cm³/mol. The van der Waals surface area contributed by atoms with Crippen molar-refractivity contribution in [1.82, 2.24) is 10.1 Å². The van der Waals surface area contributed by atoms with Crippen LogP contribution in [0.1, 0.15) is 12.2 Å². The number of rotatable bonds is 7. The van der Waals surface area contributed by atoms with Gasteiger partial charge < -0.3 is 15.0 Å². The fraction of sp³-hybridized carbons (Fsp3) is 0.308. The molecule has 0 fully saturated rings. The molecule has 0 atom stereocenters. The van der Waals surface area contributed by atoms with Crippen LogP contribution in [0.2, 0.25) is 0 Å². The van der Waals surface area contributed by atoms with Crippen LogP contribution < -0.4 is 10.5 Å². The van der Waals surface area contributed by atoms with Crippen LogP contribution in [0.4, 0.5) is 0 Å². The lowest BCUT2D eigenvalue weighted by atomic mass is 10.2. The quantitative estimate of drug-likeness (QED) is 0.783. The molecule has 0 spiro atoms. The molecule has 0 saturated carbocycles. The molecule has 2 N–H and O–H groups in total. The van der Waals surface area contributed by atoms with E-state index in [0.717, 1.165) is 11.3 Å². The van der Waals surface area contributed by atoms with E-state index in [4.69, 9.17) is 15.0 Å². The molecular weight excluding hydrogens is 278 g/mol. The van der Waals surface area contributed by atoms with Crippen molar-refractivity contribution in [1.29, 1.82) is 0 Å². The van der Waals surface area contributed by atoms with Crippen LogP contribution in [-0.4, -0.2) is 28.9 Å². The second-order valence-corrected chi connectivity index (χ2v) is 5.12. The Kier molecular flexibility index (Phi) is 5.00. The molecule has 0 bridgehead atoms. The molecule has 1 aromatic carbocycles. The molecule has 6 nitrogen and oxygen atoms in total. The van der Waals surface area contributed by atoms with E-state index < -0.39 is 0 Å². The molecule has 1 aromatic heterocycles. The zero-order valence-electron chi connectivity index (χ0n) is 11.0. The molecule has 1 heterocycles. The third-order valence-electron chi connectivity index (χ3n) is 2.53. The minimum absolute atomic E-state index is 0.301. The lowest BCUT2D eigenvalue weighted by molar-refractivity contribution is -0.117. The van der Waals surface area contributed by atoms with E-state index in [9.17, 15) is 4.79 Å². The number of benzene rings is 1. The topological polar surface area (TPSA) is 91.2 Å². The summed E-state index contributed by atoms with van der Waals surface area (Å²) in [6, 6.07) is 7.38. The highest BCUT2D eigenvalue weighted by atomic mass is 32.2. The van der Waals surface area contributed by atoms with Crippen molar-refractivity contribution in [3.8, 4) is 17.2 Å². The largest absolute Gasteiger partial charge is 0.497 e. The fourth-order valence-corrected chi connectivity index (χ4v) is 2.29. The maximum atomic E-state index is 10.6. The first-order chi connectivity index (χ1) is 9.69. The molecule has 2 rings (SSSR count). The molecule has 0 unspecified atom stereocenters. The summed E-state index contributed by atoms with van der Waals surface area (Å²) in [5.74, 6) is 2.79. The van der Waals surface area contributed by atoms with Gasteiger partial charge in [-0.15, -0.1) is 0 Å². The summed E-state index contributed by atoms with van der Waals surface area (Å²) in [5, 5.41) is 3.90. The number of ether oxygens (including phenoxy) is 1. The lowest BCUT2D eigenvalue weighted by Crippen LogP contribution is -2.10. The highest BCUT2D eigenvalue weighted by Gasteiger charge is 2.09. The number of thioether (sulfide) groups is 1. The number of nitrogens with two attached hydrogens (primary N) is 1. The average Bonchev–Trinajstić information content (AvgIpc) is 2.92. The number of hydrogen-bond acceptors (Lipinski definition) is 6. The van der Waals surface area contributed by atoms with Gasteiger partial charge in [0.25, 0.3) is 5.89 Å². The van der Waals surface area contributed by atoms with Crippen LogP contribution in [-0.2, 0) is 10.5 Å². The molecule has 20 heavy (non-hydrogen) atoms. The third-order valence-corrected chi connectivity index (χ3v) is 3.48. The molecule has 1 amide bonds. The smallest absolute Gasteiger partial charge is 0.257 e. The molecule has 2 aromatic rings. The van der Waals surface area contributed by atoms with Crippen LogP contribution in [0.5, 0.6) is 5.75 Å². The molecule has 0 aliphatic heterocycles. The van der Waals surface area contributed by atoms with Crippen LogP contribution in [0.15, 0.2) is 28.8 Å². The number of carbonyl (C=O) groups excluding carboxylic acids is 1. The van der Waals surface area contributed by atoms with Gasteiger partial charge in [-0.3, -0.25) is 4.79 Å². The number of aromatic nitrogens is 2. The molecule has 0 radical (unpaired) electrons. The van der Waals surface area contributed by atoms with Crippen molar-refractivity contribution in [3.63, 3.8) is 0 Å². The second-order valence-electron chi connectivity index (χ2n) is 4.01. The van der Waals surface area contributed by atoms with E-state index in [1.165, 1.54) is 0 Å². The van der Waals surface area contributed by atoms with E-state index in [-0.39, 0.29) is 5.91 Å². The van der Waals surface area contributed by atoms with Gasteiger partial charge in [0, 0.05) is 17.7 Å². The average molecular weight is 293 g/mol. The van der Waals surface area contributed by atoms with E-state index in [1.54, 1.807) is 18.9 Å². The summed E-state index contributed by atoms with van der Waals surface area (Å²) in [6.45, 7) is 0. The summed E-state index contributed by atoms with van der Waals surface area (Å²) in [5.41, 5.74) is 5.90. The molecule has 106 valence electrons. The minimum Gasteiger partial charge on any atom is -0.497 e. The van der Waals surface area contributed by atoms with Gasteiger partial charge in [0.05, 0.1) is 12.9 Å². The van der Waals surface area contributed by atoms with Gasteiger partial charge in [-0.25, -0.2) is 0 Å². The highest BCUT2D eigenvalue weighted by molar-refractivity contribution is 7.98. The van der Waals surface area contributed by atoms with Crippen molar-refractivity contribution < 1.29 is 14.1 Å². The van der Waals surface area contributed by atoms with Crippen LogP contribution in [0.25, 0.3) is 11.5 Å². The van der Waals surface area contributed by atoms with E-state index in [1.807, 2.05) is 24.3 Å². The Morgan fingerprint density at radius 3 is 2.80 bits per heavy atom. The van der Waals surface area contributed by atoms with Crippen molar-refractivity contribution in [2.45, 2.75) is 12.2 Å². The number of hydrogen-bond donors (Lipinski definition) is 1. The Balaban J connectivity index is 1.92. The molecule has 7 heteroatoms. The monoisotopic (exact) mass is 293 g/mol. The first kappa shape index (κ1) is 14.4. The van der Waals surface area contributed by atoms with Crippen molar-refractivity contribution >= 4 is 17.7 Å². The summed E-state index contributed by atoms with van der Waals surface area (Å²) >= 11 is 1.54. The van der Waals surface area contributed by atoms with Gasteiger partial charge >= 0.3 is 0 Å². The SMILES string of the molecule is COc1ccc(-c2nc(CSCCC(N)=O)no2)cc1. The van der Waals surface area contributed by atoms with Crippen molar-refractivity contribution in [3.05, 3.63) is 30.1 Å². The summed E-state index contributed by atoms with van der Waals surface area (Å²) in [4.78, 5) is 14.9. The van der Waals surface area contributed by atoms with Gasteiger partial charge in [-0.2, -0.15) is 16.7 Å². The van der Waals surface area contributed by atoms with Crippen LogP contribution in [0.3, 0.4) is 0 Å². The number of carbonyl (C=O) groups is 1. The van der Waals surface area contributed by atoms with Gasteiger partial charge in [0.1, 0.15) is 5.75 Å². The standard InChI is InChI=1S/C13H15N3O3S/c1-18-10-4-2-9(3-5-10)13-15-12(16-19-13)8-20-7-6-11(14)17/h2-5H,6-8H2,1H3,(H2,14,17). The van der Waals surface area contributed by atoms with Gasteiger partial charge in [0.2, 0.25) is 5.91 Å². The van der Waals surface area contributed by atoms with Crippen molar-refractivity contribution in [2.24, 2.45) is 5.73 Å². The predicted octanol–water partition coefficient (Wildman–Crippen LogP) is 1.85. The van der Waals surface area contributed by atoms with Gasteiger partial charge in [0.15, 0.2) is 5.82 Å². The normalized spacial score (nSPS) is 10.4. The fourth-order valence-electron chi connectivity index (χ4n) is 1.50. The van der Waals surface area contributed by atoms with Crippen molar-refractivity contribution in [2.75, 3.05) is 12.9 Å². The van der Waals surface area contributed by atoms with E-state index in [2.05, 4.69) is 10.1 Å². The number of amides is 1. The Bertz CT molecular complexity index is 568. The zero-order valence-corrected chi connectivity index (χ0v) is 11.9. The molecule has 0 saturated heterocycles. The summed E-state index contributed by atoms with van der Waals surface area (Å²) in [6.07, 6.45) is 0.355. The number of nitrogens with zero attached hydrogens (tertiary/aromatic N) is 2. The Morgan fingerprint density at radius 2 is 2.15 bits per heavy atom. The lowest BCUT2D eigenvalue weighted by Gasteiger charge is -1.98. The summed E-state index contributed by atoms with van der Waals surface area (Å²) in [7, 11) is 1.61. The molecular formula is C13H15N3O3S. The van der Waals surface area contributed by atoms with Crippen LogP contribution >= 0.6 is 11.8 Å². The van der Waals surface area contributed by atoms with Gasteiger partial charge in [-0.05, 0) is 24.3 Å². The minimum atomic E-state index is -0.301. The zero-order chi connectivity index (χ0) is 14.4. The third kappa shape index (κ3) is 3.99. The maximum absolute atomic E-state index is 10.6. The van der Waals surface area contributed by atoms with Crippen LogP contribution in [0, 0.1) is 0 Å².